The third-order valence-electron chi connectivity index (χ3n) is 12.6. The minimum atomic E-state index is 0.914. The highest BCUT2D eigenvalue weighted by atomic mass is 15.1. The number of allylic oxidation sites excluding steroid dienone is 5. The maximum atomic E-state index is 2.45. The Morgan fingerprint density at radius 3 is 1.74 bits per heavy atom. The molecule has 0 fully saturated rings. The van der Waals surface area contributed by atoms with E-state index >= 15 is 0 Å². The summed E-state index contributed by atoms with van der Waals surface area (Å²) < 4.78 is 0. The van der Waals surface area contributed by atoms with Crippen molar-refractivity contribution in [1.29, 1.82) is 0 Å². The maximum Gasteiger partial charge on any atom is 0.0546 e. The molecule has 274 valence electrons. The Labute approximate surface area is 339 Å². The van der Waals surface area contributed by atoms with Gasteiger partial charge in [-0.05, 0) is 158 Å². The predicted octanol–water partition coefficient (Wildman–Crippen LogP) is 15.1. The van der Waals surface area contributed by atoms with Crippen molar-refractivity contribution in [2.45, 2.75) is 25.7 Å². The van der Waals surface area contributed by atoms with E-state index in [0.29, 0.717) is 0 Å². The largest absolute Gasteiger partial charge is 0.310 e. The molecule has 0 N–H and O–H groups in total. The number of para-hydroxylation sites is 2. The highest BCUT2D eigenvalue weighted by Gasteiger charge is 2.27. The van der Waals surface area contributed by atoms with Crippen molar-refractivity contribution in [2.75, 3.05) is 9.80 Å². The van der Waals surface area contributed by atoms with Crippen LogP contribution in [0.2, 0.25) is 0 Å². The summed E-state index contributed by atoms with van der Waals surface area (Å²) in [7, 11) is 0. The number of nitrogens with zero attached hydrogens (tertiary/aromatic N) is 2. The molecule has 0 aromatic heterocycles. The van der Waals surface area contributed by atoms with Crippen LogP contribution in [0.1, 0.15) is 45.4 Å². The van der Waals surface area contributed by atoms with Crippen LogP contribution < -0.4 is 9.80 Å². The summed E-state index contributed by atoms with van der Waals surface area (Å²) in [6, 6.07) is 56.2. The lowest BCUT2D eigenvalue weighted by Gasteiger charge is -2.32. The lowest BCUT2D eigenvalue weighted by atomic mass is 9.80. The van der Waals surface area contributed by atoms with Gasteiger partial charge in [0.05, 0.1) is 11.4 Å². The van der Waals surface area contributed by atoms with Crippen LogP contribution in [-0.2, 0) is 19.3 Å². The predicted molar refractivity (Wildman–Crippen MR) is 247 cm³/mol. The molecule has 0 unspecified atom stereocenters. The van der Waals surface area contributed by atoms with Crippen molar-refractivity contribution in [3.63, 3.8) is 0 Å². The van der Waals surface area contributed by atoms with Crippen molar-refractivity contribution in [2.24, 2.45) is 0 Å². The molecule has 2 nitrogen and oxygen atoms in total. The molecule has 12 rings (SSSR count). The van der Waals surface area contributed by atoms with Crippen molar-refractivity contribution < 1.29 is 0 Å². The molecule has 0 aliphatic heterocycles. The zero-order chi connectivity index (χ0) is 38.2. The third kappa shape index (κ3) is 5.18. The van der Waals surface area contributed by atoms with Gasteiger partial charge in [0.1, 0.15) is 0 Å². The van der Waals surface area contributed by atoms with E-state index in [4.69, 9.17) is 0 Å². The molecule has 58 heavy (non-hydrogen) atoms. The number of rotatable bonds is 7. The Morgan fingerprint density at radius 2 is 1.02 bits per heavy atom. The first-order valence-corrected chi connectivity index (χ1v) is 20.6. The van der Waals surface area contributed by atoms with E-state index in [9.17, 15) is 0 Å². The molecular weight excluding hydrogens is 701 g/mol. The molecule has 0 heterocycles. The van der Waals surface area contributed by atoms with Gasteiger partial charge in [-0.3, -0.25) is 0 Å². The van der Waals surface area contributed by atoms with Crippen LogP contribution in [0.3, 0.4) is 0 Å². The van der Waals surface area contributed by atoms with Gasteiger partial charge in [0, 0.05) is 28.3 Å². The molecule has 0 amide bonds. The average Bonchev–Trinajstić information content (AvgIpc) is 3.29. The average molecular weight is 741 g/mol. The van der Waals surface area contributed by atoms with Gasteiger partial charge in [-0.25, -0.2) is 0 Å². The van der Waals surface area contributed by atoms with E-state index in [-0.39, 0.29) is 0 Å². The number of hydrogen-bond acceptors (Lipinski definition) is 2. The van der Waals surface area contributed by atoms with Crippen LogP contribution in [0.15, 0.2) is 176 Å². The summed E-state index contributed by atoms with van der Waals surface area (Å²) in [6.45, 7) is 0. The summed E-state index contributed by atoms with van der Waals surface area (Å²) in [5, 5.41) is 5.55. The minimum Gasteiger partial charge on any atom is -0.310 e. The molecule has 4 aliphatic carbocycles. The first-order valence-electron chi connectivity index (χ1n) is 20.6. The van der Waals surface area contributed by atoms with E-state index in [1.807, 2.05) is 0 Å². The van der Waals surface area contributed by atoms with E-state index in [0.717, 1.165) is 48.4 Å². The molecule has 0 saturated carbocycles. The third-order valence-corrected chi connectivity index (χ3v) is 12.6. The second kappa shape index (κ2) is 13.2. The Morgan fingerprint density at radius 1 is 0.397 bits per heavy atom. The Bertz CT molecular complexity index is 3070. The van der Waals surface area contributed by atoms with Crippen LogP contribution in [0.25, 0.3) is 56.5 Å². The van der Waals surface area contributed by atoms with E-state index in [1.165, 1.54) is 88.6 Å². The van der Waals surface area contributed by atoms with Crippen LogP contribution >= 0.6 is 0 Å². The quantitative estimate of drug-likeness (QED) is 0.161. The van der Waals surface area contributed by atoms with Gasteiger partial charge in [-0.15, -0.1) is 0 Å². The SMILES string of the molecule is C1=Cc2c(N(c3ccccc3)c3ccc(-c4ccc(N(c5ccccc5)c5cc6c7c(ccc8c7c5CC=C8)CC=C6)cc4)cc3)cc3cccc4c3c2C(=CC4)C1. The van der Waals surface area contributed by atoms with Crippen LogP contribution in [0.5, 0.6) is 0 Å². The van der Waals surface area contributed by atoms with Gasteiger partial charge in [0.2, 0.25) is 0 Å². The van der Waals surface area contributed by atoms with Gasteiger partial charge < -0.3 is 9.80 Å². The fraction of sp³-hybridized carbons (Fsp3) is 0.0714. The van der Waals surface area contributed by atoms with Gasteiger partial charge in [0.25, 0.3) is 0 Å². The number of benzene rings is 8. The van der Waals surface area contributed by atoms with Crippen LogP contribution in [0, 0.1) is 0 Å². The molecule has 0 radical (unpaired) electrons. The Hall–Kier alpha value is -7.16. The Kier molecular flexibility index (Phi) is 7.53. The van der Waals surface area contributed by atoms with Gasteiger partial charge in [0.15, 0.2) is 0 Å². The molecule has 2 heteroatoms. The molecule has 4 aliphatic rings. The zero-order valence-corrected chi connectivity index (χ0v) is 32.2. The van der Waals surface area contributed by atoms with E-state index in [1.54, 1.807) is 0 Å². The maximum absolute atomic E-state index is 2.45. The van der Waals surface area contributed by atoms with Crippen molar-refractivity contribution in [3.8, 4) is 11.1 Å². The molecule has 8 aromatic rings. The molecule has 0 atom stereocenters. The van der Waals surface area contributed by atoms with Crippen LogP contribution in [0.4, 0.5) is 34.1 Å². The molecule has 0 spiro atoms. The number of hydrogen-bond donors (Lipinski definition) is 0. The first-order chi connectivity index (χ1) is 28.8. The smallest absolute Gasteiger partial charge is 0.0546 e. The van der Waals surface area contributed by atoms with Crippen molar-refractivity contribution in [1.82, 2.24) is 0 Å². The van der Waals surface area contributed by atoms with Gasteiger partial charge in [-0.2, -0.15) is 0 Å². The monoisotopic (exact) mass is 740 g/mol. The normalized spacial score (nSPS) is 14.2. The van der Waals surface area contributed by atoms with Gasteiger partial charge in [-0.1, -0.05) is 134 Å². The summed E-state index contributed by atoms with van der Waals surface area (Å²) in [6.07, 6.45) is 20.3. The highest BCUT2D eigenvalue weighted by molar-refractivity contribution is 6.08. The molecular formula is C56H40N2. The highest BCUT2D eigenvalue weighted by Crippen LogP contribution is 2.49. The van der Waals surface area contributed by atoms with Crippen molar-refractivity contribution >= 4 is 79.5 Å². The summed E-state index contributed by atoms with van der Waals surface area (Å²) in [5.74, 6) is 0. The summed E-state index contributed by atoms with van der Waals surface area (Å²) >= 11 is 0. The lowest BCUT2D eigenvalue weighted by molar-refractivity contribution is 1.20. The molecule has 0 bridgehead atoms. The second-order valence-electron chi connectivity index (χ2n) is 15.9. The Balaban J connectivity index is 0.942. The lowest BCUT2D eigenvalue weighted by Crippen LogP contribution is -2.14. The minimum absolute atomic E-state index is 0.914. The van der Waals surface area contributed by atoms with Gasteiger partial charge >= 0.3 is 0 Å². The zero-order valence-electron chi connectivity index (χ0n) is 32.2. The van der Waals surface area contributed by atoms with Crippen LogP contribution in [-0.4, -0.2) is 0 Å². The molecule has 8 aromatic carbocycles. The first kappa shape index (κ1) is 33.0. The summed E-state index contributed by atoms with van der Waals surface area (Å²) in [5.41, 5.74) is 20.5. The standard InChI is InChI=1S/C56H40N2/c1-3-17-45(18-4-1)57(51-35-43-15-7-11-39-23-25-41-13-9-21-49(51)55(41)53(39)43)47-31-27-37(28-32-47)38-29-33-48(34-30-38)58(46-19-5-2-6-20-46)52-36-44-16-8-12-40-24-26-42-14-10-22-50(52)56(42)54(40)44/h1-11,14-21,24-36H,12-13,22-23H2. The topological polar surface area (TPSA) is 6.48 Å². The van der Waals surface area contributed by atoms with Crippen molar-refractivity contribution in [3.05, 3.63) is 215 Å². The second-order valence-corrected chi connectivity index (χ2v) is 15.9. The van der Waals surface area contributed by atoms with E-state index in [2.05, 4.69) is 204 Å². The summed E-state index contributed by atoms with van der Waals surface area (Å²) in [4.78, 5) is 4.89. The fourth-order valence-electron chi connectivity index (χ4n) is 10.0. The molecule has 0 saturated heterocycles. The van der Waals surface area contributed by atoms with E-state index < -0.39 is 0 Å². The fourth-order valence-corrected chi connectivity index (χ4v) is 10.0. The number of anilines is 6.